The summed E-state index contributed by atoms with van der Waals surface area (Å²) in [6.07, 6.45) is 3.13. The average Bonchev–Trinajstić information content (AvgIpc) is 2.55. The lowest BCUT2D eigenvalue weighted by molar-refractivity contribution is -0.137. The zero-order valence-corrected chi connectivity index (χ0v) is 13.3. The summed E-state index contributed by atoms with van der Waals surface area (Å²) >= 11 is 0. The Hall–Kier alpha value is -1.75. The van der Waals surface area contributed by atoms with Gasteiger partial charge in [0.2, 0.25) is 0 Å². The maximum absolute atomic E-state index is 13.2. The van der Waals surface area contributed by atoms with E-state index in [4.69, 9.17) is 4.74 Å². The van der Waals surface area contributed by atoms with Gasteiger partial charge < -0.3 is 20.1 Å². The van der Waals surface area contributed by atoms with Gasteiger partial charge in [-0.1, -0.05) is 13.8 Å². The number of fused-ring (bicyclic) bond motifs is 1. The molecule has 0 radical (unpaired) electrons. The molecule has 0 bridgehead atoms. The predicted octanol–water partition coefficient (Wildman–Crippen LogP) is 2.43. The number of phenols is 1. The Bertz CT molecular complexity index is 563. The van der Waals surface area contributed by atoms with Gasteiger partial charge in [0.15, 0.2) is 5.60 Å². The van der Waals surface area contributed by atoms with Gasteiger partial charge in [0.1, 0.15) is 11.5 Å². The summed E-state index contributed by atoms with van der Waals surface area (Å²) in [6.45, 7) is 5.81. The van der Waals surface area contributed by atoms with E-state index >= 15 is 0 Å². The number of nitrogens with one attached hydrogen (secondary N) is 1. The third kappa shape index (κ3) is 2.33. The van der Waals surface area contributed by atoms with E-state index in [0.29, 0.717) is 24.3 Å². The minimum Gasteiger partial charge on any atom is -0.508 e. The Balaban J connectivity index is 2.08. The van der Waals surface area contributed by atoms with Crippen LogP contribution in [0.15, 0.2) is 18.2 Å². The number of hydrogen-bond donors (Lipinski definition) is 2. The van der Waals surface area contributed by atoms with Gasteiger partial charge in [-0.3, -0.25) is 4.79 Å². The maximum Gasteiger partial charge on any atom is 0.271 e. The number of carbonyl (C=O) groups is 1. The van der Waals surface area contributed by atoms with Crippen LogP contribution in [0.2, 0.25) is 0 Å². The molecule has 1 aromatic carbocycles. The summed E-state index contributed by atoms with van der Waals surface area (Å²) in [4.78, 5) is 15.1. The molecule has 1 aromatic rings. The number of rotatable bonds is 3. The molecule has 1 saturated heterocycles. The Kier molecular flexibility index (Phi) is 4.00. The standard InChI is InChI=1S/C17H24N2O3/c1-3-17(4-2)16(21)19(12-7-9-18-10-8-12)14-11-13(20)5-6-15(14)22-17/h5-6,11-12,18,20H,3-4,7-10H2,1-2H3. The van der Waals surface area contributed by atoms with Crippen molar-refractivity contribution in [1.29, 1.82) is 0 Å². The molecule has 2 N–H and O–H groups in total. The number of amides is 1. The Morgan fingerprint density at radius 1 is 1.32 bits per heavy atom. The number of anilines is 1. The van der Waals surface area contributed by atoms with Crippen LogP contribution in [0.1, 0.15) is 39.5 Å². The molecular formula is C17H24N2O3. The second-order valence-electron chi connectivity index (χ2n) is 6.11. The maximum atomic E-state index is 13.2. The number of carbonyl (C=O) groups excluding carboxylic acids is 1. The van der Waals surface area contributed by atoms with Crippen LogP contribution in [0, 0.1) is 0 Å². The third-order valence-electron chi connectivity index (χ3n) is 4.93. The van der Waals surface area contributed by atoms with E-state index in [2.05, 4.69) is 5.32 Å². The van der Waals surface area contributed by atoms with E-state index in [-0.39, 0.29) is 17.7 Å². The van der Waals surface area contributed by atoms with Crippen LogP contribution in [0.4, 0.5) is 5.69 Å². The molecule has 3 rings (SSSR count). The number of ether oxygens (including phenoxy) is 1. The molecule has 0 aromatic heterocycles. The lowest BCUT2D eigenvalue weighted by Crippen LogP contribution is -2.59. The van der Waals surface area contributed by atoms with Crippen molar-refractivity contribution in [1.82, 2.24) is 5.32 Å². The monoisotopic (exact) mass is 304 g/mol. The number of hydrogen-bond acceptors (Lipinski definition) is 4. The number of phenolic OH excluding ortho intramolecular Hbond substituents is 1. The molecule has 0 atom stereocenters. The molecule has 1 amide bonds. The molecular weight excluding hydrogens is 280 g/mol. The summed E-state index contributed by atoms with van der Waals surface area (Å²) in [5.41, 5.74) is -0.0797. The molecule has 2 aliphatic rings. The van der Waals surface area contributed by atoms with Crippen LogP contribution < -0.4 is 15.0 Å². The molecule has 22 heavy (non-hydrogen) atoms. The average molecular weight is 304 g/mol. The Morgan fingerprint density at radius 3 is 2.64 bits per heavy atom. The molecule has 2 heterocycles. The van der Waals surface area contributed by atoms with E-state index in [1.807, 2.05) is 18.7 Å². The van der Waals surface area contributed by atoms with Crippen molar-refractivity contribution in [2.75, 3.05) is 18.0 Å². The first-order chi connectivity index (χ1) is 10.6. The molecule has 5 heteroatoms. The van der Waals surface area contributed by atoms with Crippen molar-refractivity contribution >= 4 is 11.6 Å². The minimum atomic E-state index is -0.783. The van der Waals surface area contributed by atoms with Crippen LogP contribution in [0.5, 0.6) is 11.5 Å². The van der Waals surface area contributed by atoms with Gasteiger partial charge in [-0.15, -0.1) is 0 Å². The van der Waals surface area contributed by atoms with E-state index in [1.54, 1.807) is 18.2 Å². The van der Waals surface area contributed by atoms with Crippen molar-refractivity contribution in [2.45, 2.75) is 51.2 Å². The number of aromatic hydroxyl groups is 1. The van der Waals surface area contributed by atoms with Crippen LogP contribution in [0.3, 0.4) is 0 Å². The summed E-state index contributed by atoms with van der Waals surface area (Å²) in [5.74, 6) is 0.886. The fourth-order valence-corrected chi connectivity index (χ4v) is 3.49. The van der Waals surface area contributed by atoms with E-state index < -0.39 is 5.60 Å². The highest BCUT2D eigenvalue weighted by Gasteiger charge is 2.48. The molecule has 2 aliphatic heterocycles. The highest BCUT2D eigenvalue weighted by molar-refractivity contribution is 6.03. The lowest BCUT2D eigenvalue weighted by atomic mass is 9.90. The first kappa shape index (κ1) is 15.2. The zero-order valence-electron chi connectivity index (χ0n) is 13.3. The van der Waals surface area contributed by atoms with E-state index in [1.165, 1.54) is 0 Å². The van der Waals surface area contributed by atoms with Gasteiger partial charge in [-0.25, -0.2) is 0 Å². The summed E-state index contributed by atoms with van der Waals surface area (Å²) in [7, 11) is 0. The number of nitrogens with zero attached hydrogens (tertiary/aromatic N) is 1. The molecule has 120 valence electrons. The van der Waals surface area contributed by atoms with Crippen LogP contribution >= 0.6 is 0 Å². The van der Waals surface area contributed by atoms with Crippen molar-refractivity contribution in [3.63, 3.8) is 0 Å². The minimum absolute atomic E-state index is 0.0301. The summed E-state index contributed by atoms with van der Waals surface area (Å²) < 4.78 is 6.09. The van der Waals surface area contributed by atoms with Crippen molar-refractivity contribution in [3.8, 4) is 11.5 Å². The highest BCUT2D eigenvalue weighted by atomic mass is 16.5. The summed E-state index contributed by atoms with van der Waals surface area (Å²) in [6, 6.07) is 5.19. The largest absolute Gasteiger partial charge is 0.508 e. The van der Waals surface area contributed by atoms with Crippen LogP contribution in [0.25, 0.3) is 0 Å². The topological polar surface area (TPSA) is 61.8 Å². The van der Waals surface area contributed by atoms with Crippen molar-refractivity contribution in [2.24, 2.45) is 0 Å². The van der Waals surface area contributed by atoms with Gasteiger partial charge in [0.05, 0.1) is 5.69 Å². The van der Waals surface area contributed by atoms with Gasteiger partial charge >= 0.3 is 0 Å². The number of benzene rings is 1. The fourth-order valence-electron chi connectivity index (χ4n) is 3.49. The first-order valence-electron chi connectivity index (χ1n) is 8.17. The van der Waals surface area contributed by atoms with E-state index in [9.17, 15) is 9.90 Å². The second-order valence-corrected chi connectivity index (χ2v) is 6.11. The third-order valence-corrected chi connectivity index (χ3v) is 4.93. The van der Waals surface area contributed by atoms with E-state index in [0.717, 1.165) is 25.9 Å². The van der Waals surface area contributed by atoms with Crippen molar-refractivity contribution in [3.05, 3.63) is 18.2 Å². The quantitative estimate of drug-likeness (QED) is 0.900. The predicted molar refractivity (Wildman–Crippen MR) is 85.4 cm³/mol. The second kappa shape index (κ2) is 5.80. The van der Waals surface area contributed by atoms with Gasteiger partial charge in [-0.2, -0.15) is 0 Å². The first-order valence-corrected chi connectivity index (χ1v) is 8.17. The van der Waals surface area contributed by atoms with Crippen LogP contribution in [-0.4, -0.2) is 35.7 Å². The normalized spacial score (nSPS) is 21.4. The van der Waals surface area contributed by atoms with Gasteiger partial charge in [0, 0.05) is 12.1 Å². The smallest absolute Gasteiger partial charge is 0.271 e. The molecule has 0 unspecified atom stereocenters. The molecule has 0 saturated carbocycles. The number of piperidine rings is 1. The lowest BCUT2D eigenvalue weighted by Gasteiger charge is -2.46. The Morgan fingerprint density at radius 2 is 2.00 bits per heavy atom. The summed E-state index contributed by atoms with van der Waals surface area (Å²) in [5, 5.41) is 13.2. The Labute approximate surface area is 131 Å². The molecule has 0 aliphatic carbocycles. The molecule has 1 fully saturated rings. The zero-order chi connectivity index (χ0) is 15.7. The highest BCUT2D eigenvalue weighted by Crippen LogP contribution is 2.44. The molecule has 5 nitrogen and oxygen atoms in total. The van der Waals surface area contributed by atoms with Crippen molar-refractivity contribution < 1.29 is 14.6 Å². The SMILES string of the molecule is CCC1(CC)Oc2ccc(O)cc2N(C2CCNCC2)C1=O. The fraction of sp³-hybridized carbons (Fsp3) is 0.588. The van der Waals surface area contributed by atoms with Crippen LogP contribution in [-0.2, 0) is 4.79 Å². The van der Waals surface area contributed by atoms with Gasteiger partial charge in [0.25, 0.3) is 5.91 Å². The van der Waals surface area contributed by atoms with Gasteiger partial charge in [-0.05, 0) is 50.9 Å². The molecule has 0 spiro atoms.